The van der Waals surface area contributed by atoms with E-state index in [1.54, 1.807) is 0 Å². The highest BCUT2D eigenvalue weighted by Crippen LogP contribution is 2.41. The molecule has 8 aromatic carbocycles. The highest BCUT2D eigenvalue weighted by molar-refractivity contribution is 7.21. The van der Waals surface area contributed by atoms with Crippen molar-refractivity contribution in [2.75, 3.05) is 0 Å². The third kappa shape index (κ3) is 5.24. The molecule has 0 spiro atoms. The zero-order valence-electron chi connectivity index (χ0n) is 34.7. The van der Waals surface area contributed by atoms with Gasteiger partial charge in [0.15, 0.2) is 8.07 Å². The van der Waals surface area contributed by atoms with Crippen LogP contribution in [0.4, 0.5) is 0 Å². The van der Waals surface area contributed by atoms with Crippen molar-refractivity contribution in [1.82, 2.24) is 9.13 Å². The Hall–Kier alpha value is -6.42. The van der Waals surface area contributed by atoms with Crippen LogP contribution in [-0.4, -0.2) is 17.2 Å². The zero-order chi connectivity index (χ0) is 40.3. The second-order valence-electron chi connectivity index (χ2n) is 18.6. The van der Waals surface area contributed by atoms with Crippen LogP contribution in [0, 0.1) is 0 Å². The summed E-state index contributed by atoms with van der Waals surface area (Å²) in [6.45, 7) is 13.9. The molecule has 11 rings (SSSR count). The summed E-state index contributed by atoms with van der Waals surface area (Å²) < 4.78 is 5.14. The molecule has 10 aromatic rings. The predicted octanol–water partition coefficient (Wildman–Crippen LogP) is 11.8. The minimum Gasteiger partial charge on any atom is -0.309 e. The summed E-state index contributed by atoms with van der Waals surface area (Å²) in [5.74, 6) is 0. The Morgan fingerprint density at radius 3 is 1.61 bits per heavy atom. The van der Waals surface area contributed by atoms with Gasteiger partial charge in [0.05, 0.1) is 22.1 Å². The standard InChI is InChI=1S/C56H48N2Si/c1-55(2,3)39-28-30-49-45(33-39)46-34-40(56(4,5)6)29-31-50(46)57(49)41-35-47-44-24-13-14-25-48(44)58-51-26-15-16-27-52(51)59(53(36-41)54(47)58,42-21-11-8-12-22-42)43-23-17-20-38(32-43)37-18-9-7-10-19-37/h7-36H,1-6H3. The van der Waals surface area contributed by atoms with Gasteiger partial charge in [-0.2, -0.15) is 0 Å². The topological polar surface area (TPSA) is 9.86 Å². The van der Waals surface area contributed by atoms with E-state index < -0.39 is 8.07 Å². The molecular weight excluding hydrogens is 729 g/mol. The van der Waals surface area contributed by atoms with Gasteiger partial charge in [-0.15, -0.1) is 0 Å². The first-order chi connectivity index (χ1) is 28.5. The fourth-order valence-electron chi connectivity index (χ4n) is 10.2. The summed E-state index contributed by atoms with van der Waals surface area (Å²) >= 11 is 0. The molecule has 0 radical (unpaired) electrons. The van der Waals surface area contributed by atoms with Gasteiger partial charge in [-0.1, -0.05) is 175 Å². The Balaban J connectivity index is 1.33. The number of fused-ring (bicyclic) bond motifs is 8. The lowest BCUT2D eigenvalue weighted by atomic mass is 9.85. The number of nitrogens with zero attached hydrogens (tertiary/aromatic N) is 2. The van der Waals surface area contributed by atoms with Crippen molar-refractivity contribution in [2.45, 2.75) is 52.4 Å². The van der Waals surface area contributed by atoms with E-state index in [4.69, 9.17) is 0 Å². The van der Waals surface area contributed by atoms with E-state index in [9.17, 15) is 0 Å². The minimum atomic E-state index is -3.01. The molecule has 0 saturated heterocycles. The fraction of sp³-hybridized carbons (Fsp3) is 0.143. The van der Waals surface area contributed by atoms with Gasteiger partial charge in [0.2, 0.25) is 0 Å². The maximum Gasteiger partial charge on any atom is 0.184 e. The molecule has 286 valence electrons. The first-order valence-corrected chi connectivity index (χ1v) is 23.0. The second-order valence-corrected chi connectivity index (χ2v) is 22.4. The maximum absolute atomic E-state index is 3.01. The Morgan fingerprint density at radius 1 is 0.373 bits per heavy atom. The third-order valence-electron chi connectivity index (χ3n) is 13.1. The van der Waals surface area contributed by atoms with E-state index in [0.717, 1.165) is 0 Å². The van der Waals surface area contributed by atoms with E-state index in [1.807, 2.05) is 0 Å². The van der Waals surface area contributed by atoms with Gasteiger partial charge in [0.1, 0.15) is 0 Å². The minimum absolute atomic E-state index is 0.0255. The van der Waals surface area contributed by atoms with E-state index in [1.165, 1.54) is 98.0 Å². The fourth-order valence-corrected chi connectivity index (χ4v) is 15.3. The molecule has 0 saturated carbocycles. The van der Waals surface area contributed by atoms with Gasteiger partial charge in [0.25, 0.3) is 0 Å². The molecule has 3 heteroatoms. The molecule has 0 bridgehead atoms. The third-order valence-corrected chi connectivity index (χ3v) is 17.9. The summed E-state index contributed by atoms with van der Waals surface area (Å²) in [5, 5.41) is 10.8. The van der Waals surface area contributed by atoms with Crippen LogP contribution in [0.25, 0.3) is 66.1 Å². The molecule has 3 heterocycles. The van der Waals surface area contributed by atoms with Crippen molar-refractivity contribution >= 4 is 72.4 Å². The molecule has 1 aliphatic heterocycles. The van der Waals surface area contributed by atoms with Gasteiger partial charge in [0, 0.05) is 32.9 Å². The lowest BCUT2D eigenvalue weighted by molar-refractivity contribution is 0.590. The molecular formula is C56H48N2Si. The van der Waals surface area contributed by atoms with Crippen molar-refractivity contribution in [3.63, 3.8) is 0 Å². The van der Waals surface area contributed by atoms with Gasteiger partial charge >= 0.3 is 0 Å². The van der Waals surface area contributed by atoms with Crippen molar-refractivity contribution in [2.24, 2.45) is 0 Å². The highest BCUT2D eigenvalue weighted by Gasteiger charge is 2.48. The van der Waals surface area contributed by atoms with Crippen LogP contribution in [0.2, 0.25) is 0 Å². The normalized spacial score (nSPS) is 15.4. The molecule has 1 unspecified atom stereocenters. The van der Waals surface area contributed by atoms with Gasteiger partial charge in [-0.3, -0.25) is 0 Å². The van der Waals surface area contributed by atoms with Gasteiger partial charge in [-0.25, -0.2) is 0 Å². The summed E-state index contributed by atoms with van der Waals surface area (Å²) in [6, 6.07) is 69.6. The zero-order valence-corrected chi connectivity index (χ0v) is 35.7. The lowest BCUT2D eigenvalue weighted by Crippen LogP contribution is -2.76. The van der Waals surface area contributed by atoms with E-state index in [0.29, 0.717) is 0 Å². The number of rotatable bonds is 4. The summed E-state index contributed by atoms with van der Waals surface area (Å²) in [4.78, 5) is 0. The largest absolute Gasteiger partial charge is 0.309 e. The number of para-hydroxylation sites is 2. The van der Waals surface area contributed by atoms with Crippen molar-refractivity contribution in [3.05, 3.63) is 193 Å². The van der Waals surface area contributed by atoms with Crippen LogP contribution in [0.15, 0.2) is 182 Å². The Morgan fingerprint density at radius 2 is 0.932 bits per heavy atom. The van der Waals surface area contributed by atoms with Crippen LogP contribution in [0.1, 0.15) is 52.7 Å². The molecule has 1 atom stereocenters. The number of benzene rings is 8. The lowest BCUT2D eigenvalue weighted by Gasteiger charge is -2.40. The molecule has 1 aliphatic rings. The molecule has 0 N–H and O–H groups in total. The number of hydrogen-bond acceptors (Lipinski definition) is 0. The van der Waals surface area contributed by atoms with E-state index in [2.05, 4.69) is 233 Å². The Kier molecular flexibility index (Phi) is 7.74. The van der Waals surface area contributed by atoms with Crippen LogP contribution in [0.5, 0.6) is 0 Å². The van der Waals surface area contributed by atoms with Crippen LogP contribution in [0.3, 0.4) is 0 Å². The maximum atomic E-state index is 2.59. The average molecular weight is 777 g/mol. The van der Waals surface area contributed by atoms with E-state index in [-0.39, 0.29) is 10.8 Å². The SMILES string of the molecule is CC(C)(C)c1ccc2c(c1)c1cc(C(C)(C)C)ccc1n2-c1cc2c3c(c1)c1ccccc1n3-c1ccccc1[Si]2(c1ccccc1)c1cccc(-c2ccccc2)c1. The van der Waals surface area contributed by atoms with E-state index >= 15 is 0 Å². The van der Waals surface area contributed by atoms with Gasteiger partial charge in [-0.05, 0) is 102 Å². The molecule has 59 heavy (non-hydrogen) atoms. The second kappa shape index (κ2) is 12.8. The first-order valence-electron chi connectivity index (χ1n) is 21.0. The van der Waals surface area contributed by atoms with Gasteiger partial charge < -0.3 is 9.13 Å². The summed E-state index contributed by atoms with van der Waals surface area (Å²) in [7, 11) is -3.01. The van der Waals surface area contributed by atoms with Crippen molar-refractivity contribution in [1.29, 1.82) is 0 Å². The van der Waals surface area contributed by atoms with Crippen molar-refractivity contribution < 1.29 is 0 Å². The molecule has 0 amide bonds. The molecule has 0 fully saturated rings. The monoisotopic (exact) mass is 776 g/mol. The molecule has 2 nitrogen and oxygen atoms in total. The summed E-state index contributed by atoms with van der Waals surface area (Å²) in [6.07, 6.45) is 0. The smallest absolute Gasteiger partial charge is 0.184 e. The molecule has 2 aromatic heterocycles. The Bertz CT molecular complexity index is 3210. The van der Waals surface area contributed by atoms with Crippen LogP contribution >= 0.6 is 0 Å². The Labute approximate surface area is 348 Å². The van der Waals surface area contributed by atoms with Crippen LogP contribution < -0.4 is 20.7 Å². The molecule has 0 aliphatic carbocycles. The first kappa shape index (κ1) is 35.7. The van der Waals surface area contributed by atoms with Crippen molar-refractivity contribution in [3.8, 4) is 22.5 Å². The average Bonchev–Trinajstić information content (AvgIpc) is 3.77. The van der Waals surface area contributed by atoms with Crippen LogP contribution in [-0.2, 0) is 10.8 Å². The predicted molar refractivity (Wildman–Crippen MR) is 255 cm³/mol. The quantitative estimate of drug-likeness (QED) is 0.158. The number of aromatic nitrogens is 2. The number of hydrogen-bond donors (Lipinski definition) is 0. The summed E-state index contributed by atoms with van der Waals surface area (Å²) in [5.41, 5.74) is 12.8. The highest BCUT2D eigenvalue weighted by atomic mass is 28.3.